The zero-order valence-electron chi connectivity index (χ0n) is 13.9. The maximum absolute atomic E-state index is 11.8. The summed E-state index contributed by atoms with van der Waals surface area (Å²) in [7, 11) is 0. The molecular formula is C18H20N6O. The molecule has 0 saturated heterocycles. The number of rotatable bonds is 4. The van der Waals surface area contributed by atoms with Crippen molar-refractivity contribution in [3.63, 3.8) is 0 Å². The SMILES string of the molecule is CC(=O)N1NC(Nc2nc(-c3ccccc3)ncc2N)C=C1C1CC1. The Kier molecular flexibility index (Phi) is 3.85. The summed E-state index contributed by atoms with van der Waals surface area (Å²) in [5.41, 5.74) is 11.6. The summed E-state index contributed by atoms with van der Waals surface area (Å²) >= 11 is 0. The topological polar surface area (TPSA) is 96.2 Å². The van der Waals surface area contributed by atoms with Gasteiger partial charge in [0.2, 0.25) is 5.91 Å². The van der Waals surface area contributed by atoms with Crippen molar-refractivity contribution in [3.05, 3.63) is 48.3 Å². The number of nitrogens with one attached hydrogen (secondary N) is 2. The van der Waals surface area contributed by atoms with E-state index < -0.39 is 0 Å². The molecule has 0 radical (unpaired) electrons. The van der Waals surface area contributed by atoms with Gasteiger partial charge >= 0.3 is 0 Å². The molecule has 0 spiro atoms. The number of nitrogens with zero attached hydrogens (tertiary/aromatic N) is 3. The number of hydrogen-bond donors (Lipinski definition) is 3. The number of aromatic nitrogens is 2. The van der Waals surface area contributed by atoms with Gasteiger partial charge in [0.05, 0.1) is 11.9 Å². The van der Waals surface area contributed by atoms with E-state index in [1.165, 1.54) is 0 Å². The zero-order valence-corrected chi connectivity index (χ0v) is 13.9. The molecule has 7 heteroatoms. The van der Waals surface area contributed by atoms with Gasteiger partial charge in [-0.2, -0.15) is 0 Å². The van der Waals surface area contributed by atoms with Gasteiger partial charge in [-0.15, -0.1) is 0 Å². The summed E-state index contributed by atoms with van der Waals surface area (Å²) in [6, 6.07) is 9.73. The van der Waals surface area contributed by atoms with Crippen LogP contribution in [-0.4, -0.2) is 27.0 Å². The van der Waals surface area contributed by atoms with E-state index in [2.05, 4.69) is 20.7 Å². The van der Waals surface area contributed by atoms with E-state index >= 15 is 0 Å². The van der Waals surface area contributed by atoms with E-state index in [1.54, 1.807) is 18.1 Å². The van der Waals surface area contributed by atoms with Crippen LogP contribution in [-0.2, 0) is 4.79 Å². The van der Waals surface area contributed by atoms with Gasteiger partial charge in [-0.3, -0.25) is 4.79 Å². The van der Waals surface area contributed by atoms with E-state index in [-0.39, 0.29) is 12.1 Å². The van der Waals surface area contributed by atoms with Crippen LogP contribution in [0.1, 0.15) is 19.8 Å². The fraction of sp³-hybridized carbons (Fsp3) is 0.278. The van der Waals surface area contributed by atoms with Gasteiger partial charge in [0, 0.05) is 24.1 Å². The number of anilines is 2. The number of hydrazine groups is 1. The van der Waals surface area contributed by atoms with E-state index in [4.69, 9.17) is 5.73 Å². The molecule has 1 unspecified atom stereocenters. The first-order valence-corrected chi connectivity index (χ1v) is 8.35. The Morgan fingerprint density at radius 3 is 2.76 bits per heavy atom. The normalized spacial score (nSPS) is 19.6. The standard InChI is InChI=1S/C18H20N6O/c1-11(25)24-15(12-7-8-12)9-16(23-24)21-18-14(19)10-20-17(22-18)13-5-3-2-4-6-13/h2-6,9-10,12,16,23H,7-8,19H2,1H3,(H,20,21,22). The Bertz CT molecular complexity index is 831. The second-order valence-corrected chi connectivity index (χ2v) is 6.33. The van der Waals surface area contributed by atoms with E-state index in [0.29, 0.717) is 23.2 Å². The zero-order chi connectivity index (χ0) is 17.4. The average Bonchev–Trinajstić information content (AvgIpc) is 3.38. The highest BCUT2D eigenvalue weighted by Crippen LogP contribution is 2.39. The van der Waals surface area contributed by atoms with Crippen LogP contribution in [0.15, 0.2) is 48.3 Å². The number of amides is 1. The molecule has 7 nitrogen and oxygen atoms in total. The van der Waals surface area contributed by atoms with Gasteiger partial charge in [-0.1, -0.05) is 30.3 Å². The molecule has 1 aromatic carbocycles. The maximum atomic E-state index is 11.8. The smallest absolute Gasteiger partial charge is 0.238 e. The van der Waals surface area contributed by atoms with Gasteiger partial charge in [0.1, 0.15) is 6.17 Å². The van der Waals surface area contributed by atoms with E-state index in [9.17, 15) is 4.79 Å². The highest BCUT2D eigenvalue weighted by Gasteiger charge is 2.36. The third-order valence-corrected chi connectivity index (χ3v) is 4.32. The molecule has 1 amide bonds. The quantitative estimate of drug-likeness (QED) is 0.791. The maximum Gasteiger partial charge on any atom is 0.238 e. The Morgan fingerprint density at radius 1 is 1.32 bits per heavy atom. The molecule has 1 aliphatic heterocycles. The molecule has 1 aliphatic carbocycles. The third-order valence-electron chi connectivity index (χ3n) is 4.32. The molecule has 4 N–H and O–H groups in total. The second kappa shape index (κ2) is 6.18. The van der Waals surface area contributed by atoms with Gasteiger partial charge in [0.25, 0.3) is 0 Å². The number of allylic oxidation sites excluding steroid dienone is 1. The van der Waals surface area contributed by atoms with E-state index in [0.717, 1.165) is 24.1 Å². The molecule has 0 bridgehead atoms. The lowest BCUT2D eigenvalue weighted by Gasteiger charge is -2.21. The van der Waals surface area contributed by atoms with Gasteiger partial charge < -0.3 is 11.1 Å². The Hall–Kier alpha value is -2.93. The summed E-state index contributed by atoms with van der Waals surface area (Å²) in [6.07, 6.45) is 5.64. The summed E-state index contributed by atoms with van der Waals surface area (Å²) in [4.78, 5) is 20.7. The number of nitrogens with two attached hydrogens (primary N) is 1. The average molecular weight is 336 g/mol. The largest absolute Gasteiger partial charge is 0.394 e. The fourth-order valence-corrected chi connectivity index (χ4v) is 2.92. The third kappa shape index (κ3) is 3.18. The van der Waals surface area contributed by atoms with Crippen molar-refractivity contribution in [2.24, 2.45) is 5.92 Å². The summed E-state index contributed by atoms with van der Waals surface area (Å²) < 4.78 is 0. The number of carbonyl (C=O) groups excluding carboxylic acids is 1. The Balaban J connectivity index is 1.58. The molecule has 2 heterocycles. The Labute approximate surface area is 145 Å². The van der Waals surface area contributed by atoms with Crippen LogP contribution in [0, 0.1) is 5.92 Å². The molecular weight excluding hydrogens is 316 g/mol. The number of benzene rings is 1. The first kappa shape index (κ1) is 15.6. The van der Waals surface area contributed by atoms with Gasteiger partial charge in [0.15, 0.2) is 11.6 Å². The lowest BCUT2D eigenvalue weighted by atomic mass is 10.2. The highest BCUT2D eigenvalue weighted by molar-refractivity contribution is 5.76. The van der Waals surface area contributed by atoms with Crippen LogP contribution in [0.4, 0.5) is 11.5 Å². The number of hydrogen-bond acceptors (Lipinski definition) is 6. The summed E-state index contributed by atoms with van der Waals surface area (Å²) in [6.45, 7) is 1.55. The lowest BCUT2D eigenvalue weighted by molar-refractivity contribution is -0.129. The van der Waals surface area contributed by atoms with Crippen molar-refractivity contribution in [2.45, 2.75) is 25.9 Å². The predicted octanol–water partition coefficient (Wildman–Crippen LogP) is 2.12. The Morgan fingerprint density at radius 2 is 2.08 bits per heavy atom. The molecule has 128 valence electrons. The van der Waals surface area contributed by atoms with Crippen molar-refractivity contribution >= 4 is 17.4 Å². The molecule has 1 atom stereocenters. The monoisotopic (exact) mass is 336 g/mol. The minimum absolute atomic E-state index is 0.0249. The molecule has 2 aromatic rings. The molecule has 1 fully saturated rings. The molecule has 1 aromatic heterocycles. The van der Waals surface area contributed by atoms with Crippen molar-refractivity contribution < 1.29 is 4.79 Å². The van der Waals surface area contributed by atoms with Crippen LogP contribution in [0.5, 0.6) is 0 Å². The van der Waals surface area contributed by atoms with Crippen LogP contribution in [0.25, 0.3) is 11.4 Å². The first-order valence-electron chi connectivity index (χ1n) is 8.35. The van der Waals surface area contributed by atoms with Gasteiger partial charge in [-0.25, -0.2) is 20.4 Å². The highest BCUT2D eigenvalue weighted by atomic mass is 16.2. The van der Waals surface area contributed by atoms with Crippen molar-refractivity contribution in [1.29, 1.82) is 0 Å². The predicted molar refractivity (Wildman–Crippen MR) is 95.8 cm³/mol. The van der Waals surface area contributed by atoms with Crippen LogP contribution < -0.4 is 16.5 Å². The minimum atomic E-state index is -0.236. The molecule has 2 aliphatic rings. The summed E-state index contributed by atoms with van der Waals surface area (Å²) in [5, 5.41) is 4.88. The van der Waals surface area contributed by atoms with Crippen LogP contribution >= 0.6 is 0 Å². The minimum Gasteiger partial charge on any atom is -0.394 e. The van der Waals surface area contributed by atoms with E-state index in [1.807, 2.05) is 36.4 Å². The van der Waals surface area contributed by atoms with Crippen molar-refractivity contribution in [3.8, 4) is 11.4 Å². The number of nitrogen functional groups attached to an aromatic ring is 1. The molecule has 1 saturated carbocycles. The fourth-order valence-electron chi connectivity index (χ4n) is 2.92. The second-order valence-electron chi connectivity index (χ2n) is 6.33. The molecule has 4 rings (SSSR count). The first-order chi connectivity index (χ1) is 12.1. The molecule has 25 heavy (non-hydrogen) atoms. The lowest BCUT2D eigenvalue weighted by Crippen LogP contribution is -2.43. The van der Waals surface area contributed by atoms with Crippen LogP contribution in [0.3, 0.4) is 0 Å². The van der Waals surface area contributed by atoms with Gasteiger partial charge in [-0.05, 0) is 18.9 Å². The van der Waals surface area contributed by atoms with Crippen molar-refractivity contribution in [1.82, 2.24) is 20.4 Å². The summed E-state index contributed by atoms with van der Waals surface area (Å²) in [5.74, 6) is 1.59. The van der Waals surface area contributed by atoms with Crippen LogP contribution in [0.2, 0.25) is 0 Å². The number of carbonyl (C=O) groups is 1. The van der Waals surface area contributed by atoms with Crippen molar-refractivity contribution in [2.75, 3.05) is 11.1 Å².